The average Bonchev–Trinajstić information content (AvgIpc) is 3.14. The number of carboxylic acid groups (broad SMARTS) is 1. The fourth-order valence-electron chi connectivity index (χ4n) is 4.37. The number of halogens is 2. The number of aromatic carboxylic acids is 1. The van der Waals surface area contributed by atoms with Gasteiger partial charge in [-0.05, 0) is 60.1 Å². The van der Waals surface area contributed by atoms with E-state index in [2.05, 4.69) is 4.90 Å². The van der Waals surface area contributed by atoms with Crippen molar-refractivity contribution in [2.24, 2.45) is 0 Å². The van der Waals surface area contributed by atoms with E-state index in [0.29, 0.717) is 11.3 Å². The van der Waals surface area contributed by atoms with Crippen LogP contribution in [0.1, 0.15) is 21.5 Å². The molecule has 8 heteroatoms. The Bertz CT molecular complexity index is 1510. The number of carbonyl (C=O) groups is 1. The van der Waals surface area contributed by atoms with Crippen LogP contribution in [-0.4, -0.2) is 32.7 Å². The molecule has 1 aliphatic heterocycles. The van der Waals surface area contributed by atoms with Crippen molar-refractivity contribution in [1.82, 2.24) is 9.47 Å². The fraction of sp³-hybridized carbons (Fsp3) is 0.120. The summed E-state index contributed by atoms with van der Waals surface area (Å²) in [6, 6.07) is 12.6. The maximum absolute atomic E-state index is 15.4. The first-order chi connectivity index (χ1) is 15.7. The Kier molecular flexibility index (Phi) is 4.96. The normalized spacial score (nSPS) is 13.4. The predicted octanol–water partition coefficient (Wildman–Crippen LogP) is 4.80. The van der Waals surface area contributed by atoms with Crippen LogP contribution in [0, 0.1) is 5.82 Å². The van der Waals surface area contributed by atoms with E-state index < -0.39 is 22.8 Å². The van der Waals surface area contributed by atoms with Crippen LogP contribution in [0.3, 0.4) is 0 Å². The van der Waals surface area contributed by atoms with Crippen molar-refractivity contribution in [2.75, 3.05) is 7.05 Å². The van der Waals surface area contributed by atoms with Gasteiger partial charge in [-0.2, -0.15) is 0 Å². The Hall–Kier alpha value is -3.68. The van der Waals surface area contributed by atoms with Gasteiger partial charge >= 0.3 is 5.97 Å². The number of fused-ring (bicyclic) bond motifs is 2. The summed E-state index contributed by atoms with van der Waals surface area (Å²) in [6.07, 6.45) is 1.17. The molecule has 1 aromatic heterocycles. The molecule has 5 rings (SSSR count). The summed E-state index contributed by atoms with van der Waals surface area (Å²) in [5.74, 6) is -2.13. The highest BCUT2D eigenvalue weighted by Crippen LogP contribution is 2.38. The van der Waals surface area contributed by atoms with E-state index in [1.807, 2.05) is 19.2 Å². The van der Waals surface area contributed by atoms with Gasteiger partial charge in [0, 0.05) is 30.5 Å². The van der Waals surface area contributed by atoms with Crippen molar-refractivity contribution in [3.05, 3.63) is 92.5 Å². The number of carboxylic acids is 1. The number of aromatic hydroxyl groups is 1. The first-order valence-electron chi connectivity index (χ1n) is 10.2. The molecule has 2 N–H and O–H groups in total. The maximum atomic E-state index is 15.4. The number of hydrogen-bond acceptors (Lipinski definition) is 4. The van der Waals surface area contributed by atoms with Crippen LogP contribution >= 0.6 is 11.6 Å². The Morgan fingerprint density at radius 2 is 1.76 bits per heavy atom. The van der Waals surface area contributed by atoms with Crippen LogP contribution in [0.4, 0.5) is 4.39 Å². The minimum Gasteiger partial charge on any atom is -0.508 e. The number of aromatic nitrogens is 1. The van der Waals surface area contributed by atoms with E-state index >= 15 is 4.39 Å². The SMILES string of the molecule is CN1Cc2ccc(-c3c(F)cc4c(=O)c(C(=O)O)cn(-c5ccc(O)cc5)c4c3Cl)cc2C1. The molecule has 166 valence electrons. The molecule has 0 amide bonds. The zero-order valence-corrected chi connectivity index (χ0v) is 18.2. The quantitative estimate of drug-likeness (QED) is 0.455. The zero-order chi connectivity index (χ0) is 23.4. The van der Waals surface area contributed by atoms with Gasteiger partial charge in [0.2, 0.25) is 5.43 Å². The zero-order valence-electron chi connectivity index (χ0n) is 17.5. The molecule has 0 fully saturated rings. The van der Waals surface area contributed by atoms with Gasteiger partial charge in [0.15, 0.2) is 0 Å². The second kappa shape index (κ2) is 7.72. The topological polar surface area (TPSA) is 82.8 Å². The maximum Gasteiger partial charge on any atom is 0.341 e. The lowest BCUT2D eigenvalue weighted by atomic mass is 9.98. The van der Waals surface area contributed by atoms with Gasteiger partial charge in [-0.15, -0.1) is 0 Å². The van der Waals surface area contributed by atoms with Gasteiger partial charge in [0.25, 0.3) is 0 Å². The summed E-state index contributed by atoms with van der Waals surface area (Å²) in [6.45, 7) is 1.54. The number of phenols is 1. The standard InChI is InChI=1S/C25H18ClFN2O4/c1-28-10-14-3-2-13(8-15(14)11-28)21-20(27)9-18-23(22(21)26)29(12-19(24(18)31)25(32)33)16-4-6-17(30)7-5-16/h2-9,12,30H,10-11H2,1H3,(H,32,33). The van der Waals surface area contributed by atoms with E-state index in [-0.39, 0.29) is 27.2 Å². The first-order valence-corrected chi connectivity index (χ1v) is 10.5. The van der Waals surface area contributed by atoms with E-state index in [1.54, 1.807) is 18.2 Å². The number of hydrogen-bond donors (Lipinski definition) is 2. The van der Waals surface area contributed by atoms with Gasteiger partial charge in [0.05, 0.1) is 15.9 Å². The highest BCUT2D eigenvalue weighted by atomic mass is 35.5. The van der Waals surface area contributed by atoms with Gasteiger partial charge in [-0.3, -0.25) is 9.69 Å². The van der Waals surface area contributed by atoms with E-state index in [9.17, 15) is 19.8 Å². The van der Waals surface area contributed by atoms with E-state index in [0.717, 1.165) is 30.3 Å². The third-order valence-electron chi connectivity index (χ3n) is 5.91. The van der Waals surface area contributed by atoms with Gasteiger partial charge in [0.1, 0.15) is 17.1 Å². The Morgan fingerprint density at radius 3 is 2.45 bits per heavy atom. The minimum atomic E-state index is -1.43. The lowest BCUT2D eigenvalue weighted by Crippen LogP contribution is -2.19. The predicted molar refractivity (Wildman–Crippen MR) is 124 cm³/mol. The van der Waals surface area contributed by atoms with Crippen LogP contribution in [0.2, 0.25) is 5.02 Å². The molecule has 4 aromatic rings. The molecule has 3 aromatic carbocycles. The summed E-state index contributed by atoms with van der Waals surface area (Å²) >= 11 is 6.74. The van der Waals surface area contributed by atoms with Crippen LogP contribution in [0.15, 0.2) is 59.5 Å². The van der Waals surface area contributed by atoms with Crippen molar-refractivity contribution < 1.29 is 19.4 Å². The number of rotatable bonds is 3. The second-order valence-electron chi connectivity index (χ2n) is 8.16. The first kappa shape index (κ1) is 21.2. The van der Waals surface area contributed by atoms with Crippen molar-refractivity contribution in [3.63, 3.8) is 0 Å². The second-order valence-corrected chi connectivity index (χ2v) is 8.54. The van der Waals surface area contributed by atoms with Crippen molar-refractivity contribution in [1.29, 1.82) is 0 Å². The van der Waals surface area contributed by atoms with Crippen molar-refractivity contribution >= 4 is 28.5 Å². The molecule has 0 saturated carbocycles. The fourth-order valence-corrected chi connectivity index (χ4v) is 4.76. The Balaban J connectivity index is 1.84. The average molecular weight is 465 g/mol. The Labute approximate surface area is 192 Å². The molecule has 0 spiro atoms. The molecular weight excluding hydrogens is 447 g/mol. The van der Waals surface area contributed by atoms with Crippen LogP contribution in [0.25, 0.3) is 27.7 Å². The summed E-state index contributed by atoms with van der Waals surface area (Å²) in [4.78, 5) is 26.7. The molecular formula is C25H18ClFN2O4. The van der Waals surface area contributed by atoms with E-state index in [1.165, 1.54) is 22.9 Å². The van der Waals surface area contributed by atoms with E-state index in [4.69, 9.17) is 11.6 Å². The number of phenolic OH excluding ortho intramolecular Hbond substituents is 1. The number of nitrogens with zero attached hydrogens (tertiary/aromatic N) is 2. The highest BCUT2D eigenvalue weighted by molar-refractivity contribution is 6.38. The molecule has 0 aliphatic carbocycles. The summed E-state index contributed by atoms with van der Waals surface area (Å²) in [5, 5.41) is 19.0. The third-order valence-corrected chi connectivity index (χ3v) is 6.28. The largest absolute Gasteiger partial charge is 0.508 e. The van der Waals surface area contributed by atoms with Gasteiger partial charge in [-0.25, -0.2) is 9.18 Å². The summed E-state index contributed by atoms with van der Waals surface area (Å²) in [5.41, 5.74) is 2.24. The Morgan fingerprint density at radius 1 is 1.06 bits per heavy atom. The number of pyridine rings is 1. The molecule has 33 heavy (non-hydrogen) atoms. The molecule has 2 heterocycles. The van der Waals surface area contributed by atoms with Crippen LogP contribution < -0.4 is 5.43 Å². The van der Waals surface area contributed by atoms with Gasteiger partial charge in [-0.1, -0.05) is 23.7 Å². The summed E-state index contributed by atoms with van der Waals surface area (Å²) < 4.78 is 16.8. The van der Waals surface area contributed by atoms with Crippen LogP contribution in [0.5, 0.6) is 5.75 Å². The summed E-state index contributed by atoms with van der Waals surface area (Å²) in [7, 11) is 2.00. The molecule has 0 atom stereocenters. The lowest BCUT2D eigenvalue weighted by molar-refractivity contribution is 0.0695. The molecule has 1 aliphatic rings. The minimum absolute atomic E-state index is 0.00147. The molecule has 6 nitrogen and oxygen atoms in total. The van der Waals surface area contributed by atoms with Crippen LogP contribution in [-0.2, 0) is 13.1 Å². The highest BCUT2D eigenvalue weighted by Gasteiger charge is 2.24. The molecule has 0 saturated heterocycles. The van der Waals surface area contributed by atoms with Crippen molar-refractivity contribution in [3.8, 4) is 22.6 Å². The van der Waals surface area contributed by atoms with Crippen molar-refractivity contribution in [2.45, 2.75) is 13.1 Å². The lowest BCUT2D eigenvalue weighted by Gasteiger charge is -2.17. The molecule has 0 unspecified atom stereocenters. The molecule has 0 radical (unpaired) electrons. The smallest absolute Gasteiger partial charge is 0.341 e. The number of benzene rings is 3. The van der Waals surface area contributed by atoms with Gasteiger partial charge < -0.3 is 14.8 Å². The third kappa shape index (κ3) is 3.46. The monoisotopic (exact) mass is 464 g/mol. The molecule has 0 bridgehead atoms.